The van der Waals surface area contributed by atoms with Crippen LogP contribution in [0.4, 0.5) is 15.8 Å². The van der Waals surface area contributed by atoms with Gasteiger partial charge in [0.2, 0.25) is 5.91 Å². The maximum atomic E-state index is 13.9. The van der Waals surface area contributed by atoms with Crippen molar-refractivity contribution in [2.24, 2.45) is 0 Å². The number of piperazine rings is 1. The number of hydrogen-bond donors (Lipinski definition) is 4. The molecule has 2 heterocycles. The smallest absolute Gasteiger partial charge is 0.244 e. The Bertz CT molecular complexity index is 822. The van der Waals surface area contributed by atoms with Crippen molar-refractivity contribution in [3.63, 3.8) is 0 Å². The van der Waals surface area contributed by atoms with Crippen LogP contribution in [-0.2, 0) is 4.79 Å². The number of benzene rings is 2. The third kappa shape index (κ3) is 3.94. The number of anilines is 2. The maximum absolute atomic E-state index is 13.9. The van der Waals surface area contributed by atoms with Crippen molar-refractivity contribution in [3.8, 4) is 0 Å². The van der Waals surface area contributed by atoms with E-state index in [4.69, 9.17) is 0 Å². The summed E-state index contributed by atoms with van der Waals surface area (Å²) in [6.07, 6.45) is -0.459. The number of para-hydroxylation sites is 1. The molecule has 7 nitrogen and oxygen atoms in total. The highest BCUT2D eigenvalue weighted by Crippen LogP contribution is 2.19. The third-order valence-electron chi connectivity index (χ3n) is 5.23. The Morgan fingerprint density at radius 1 is 1.04 bits per heavy atom. The zero-order chi connectivity index (χ0) is 19.5. The first-order valence-electron chi connectivity index (χ1n) is 9.49. The largest absolute Gasteiger partial charge is 0.368 e. The second kappa shape index (κ2) is 8.14. The van der Waals surface area contributed by atoms with Gasteiger partial charge in [0.05, 0.1) is 5.69 Å². The normalized spacial score (nSPS) is 22.4. The van der Waals surface area contributed by atoms with E-state index in [1.165, 1.54) is 17.3 Å². The highest BCUT2D eigenvalue weighted by molar-refractivity contribution is 5.83. The molecule has 1 amide bonds. The van der Waals surface area contributed by atoms with E-state index in [2.05, 4.69) is 57.8 Å². The standard InChI is InChI=1S/C20H25FN6O/c1-14-6-8-15(9-7-14)26-10-12-27(13-11-26)20(28)18-19(24-25-23-18)22-17-5-3-2-4-16(17)21/h2-9,18-19,22-25H,10-13H2,1H3. The molecular weight excluding hydrogens is 359 g/mol. The number of halogens is 1. The molecule has 4 rings (SSSR count). The molecule has 0 bridgehead atoms. The number of rotatable bonds is 4. The molecule has 2 aromatic rings. The summed E-state index contributed by atoms with van der Waals surface area (Å²) in [7, 11) is 0. The molecule has 2 aliphatic rings. The monoisotopic (exact) mass is 384 g/mol. The lowest BCUT2D eigenvalue weighted by Gasteiger charge is -2.37. The first kappa shape index (κ1) is 18.7. The van der Waals surface area contributed by atoms with E-state index in [-0.39, 0.29) is 11.7 Å². The average Bonchev–Trinajstić information content (AvgIpc) is 3.18. The average molecular weight is 384 g/mol. The van der Waals surface area contributed by atoms with Crippen LogP contribution in [0, 0.1) is 12.7 Å². The van der Waals surface area contributed by atoms with Crippen LogP contribution in [0.3, 0.4) is 0 Å². The summed E-state index contributed by atoms with van der Waals surface area (Å²) in [5.41, 5.74) is 11.4. The second-order valence-electron chi connectivity index (χ2n) is 7.14. The fraction of sp³-hybridized carbons (Fsp3) is 0.350. The molecule has 148 valence electrons. The summed E-state index contributed by atoms with van der Waals surface area (Å²) in [5.74, 6) is -0.371. The van der Waals surface area contributed by atoms with Crippen molar-refractivity contribution in [1.29, 1.82) is 0 Å². The van der Waals surface area contributed by atoms with E-state index in [1.54, 1.807) is 18.2 Å². The maximum Gasteiger partial charge on any atom is 0.244 e. The minimum Gasteiger partial charge on any atom is -0.368 e. The van der Waals surface area contributed by atoms with E-state index in [0.717, 1.165) is 13.1 Å². The van der Waals surface area contributed by atoms with Crippen LogP contribution < -0.4 is 26.6 Å². The number of amides is 1. The summed E-state index contributed by atoms with van der Waals surface area (Å²) < 4.78 is 13.9. The quantitative estimate of drug-likeness (QED) is 0.635. The van der Waals surface area contributed by atoms with Gasteiger partial charge in [-0.25, -0.2) is 15.2 Å². The summed E-state index contributed by atoms with van der Waals surface area (Å²) in [4.78, 5) is 17.1. The van der Waals surface area contributed by atoms with Gasteiger partial charge in [-0.05, 0) is 31.2 Å². The molecular formula is C20H25FN6O. The minimum absolute atomic E-state index is 0.0186. The SMILES string of the molecule is Cc1ccc(N2CCN(C(=O)C3NNNC3Nc3ccccc3F)CC2)cc1. The Kier molecular flexibility index (Phi) is 5.43. The van der Waals surface area contributed by atoms with E-state index >= 15 is 0 Å². The molecule has 0 aliphatic carbocycles. The van der Waals surface area contributed by atoms with Crippen LogP contribution >= 0.6 is 0 Å². The summed E-state index contributed by atoms with van der Waals surface area (Å²) in [5, 5.41) is 3.05. The second-order valence-corrected chi connectivity index (χ2v) is 7.14. The van der Waals surface area contributed by atoms with Gasteiger partial charge in [0, 0.05) is 31.9 Å². The van der Waals surface area contributed by atoms with Crippen molar-refractivity contribution in [1.82, 2.24) is 21.3 Å². The molecule has 2 aliphatic heterocycles. The fourth-order valence-corrected chi connectivity index (χ4v) is 3.57. The minimum atomic E-state index is -0.537. The van der Waals surface area contributed by atoms with Crippen LogP contribution in [0.2, 0.25) is 0 Å². The first-order valence-corrected chi connectivity index (χ1v) is 9.49. The highest BCUT2D eigenvalue weighted by atomic mass is 19.1. The number of hydrazine groups is 2. The van der Waals surface area contributed by atoms with Gasteiger partial charge in [-0.3, -0.25) is 4.79 Å². The molecule has 4 N–H and O–H groups in total. The lowest BCUT2D eigenvalue weighted by molar-refractivity contribution is -0.133. The van der Waals surface area contributed by atoms with E-state index in [9.17, 15) is 9.18 Å². The number of aryl methyl sites for hydroxylation is 1. The Labute approximate surface area is 163 Å². The molecule has 0 radical (unpaired) electrons. The number of hydrogen-bond acceptors (Lipinski definition) is 6. The Morgan fingerprint density at radius 2 is 1.75 bits per heavy atom. The van der Waals surface area contributed by atoms with Gasteiger partial charge in [0.15, 0.2) is 0 Å². The van der Waals surface area contributed by atoms with Gasteiger partial charge < -0.3 is 15.1 Å². The summed E-state index contributed by atoms with van der Waals surface area (Å²) in [6.45, 7) is 4.94. The molecule has 8 heteroatoms. The van der Waals surface area contributed by atoms with Crippen molar-refractivity contribution in [3.05, 3.63) is 59.9 Å². The highest BCUT2D eigenvalue weighted by Gasteiger charge is 2.36. The first-order chi connectivity index (χ1) is 13.6. The topological polar surface area (TPSA) is 71.7 Å². The predicted octanol–water partition coefficient (Wildman–Crippen LogP) is 1.20. The lowest BCUT2D eigenvalue weighted by atomic mass is 10.1. The van der Waals surface area contributed by atoms with Crippen LogP contribution in [0.1, 0.15) is 5.56 Å². The fourth-order valence-electron chi connectivity index (χ4n) is 3.57. The molecule has 28 heavy (non-hydrogen) atoms. The predicted molar refractivity (Wildman–Crippen MR) is 107 cm³/mol. The zero-order valence-corrected chi connectivity index (χ0v) is 15.8. The van der Waals surface area contributed by atoms with E-state index in [1.807, 2.05) is 4.90 Å². The molecule has 2 unspecified atom stereocenters. The van der Waals surface area contributed by atoms with Gasteiger partial charge in [0.25, 0.3) is 0 Å². The van der Waals surface area contributed by atoms with Gasteiger partial charge in [-0.15, -0.1) is 0 Å². The van der Waals surface area contributed by atoms with Gasteiger partial charge in [-0.1, -0.05) is 29.8 Å². The number of nitrogens with one attached hydrogen (secondary N) is 4. The van der Waals surface area contributed by atoms with Crippen LogP contribution in [0.5, 0.6) is 0 Å². The van der Waals surface area contributed by atoms with Crippen molar-refractivity contribution in [2.75, 3.05) is 36.4 Å². The zero-order valence-electron chi connectivity index (χ0n) is 15.8. The molecule has 2 saturated heterocycles. The Morgan fingerprint density at radius 3 is 2.46 bits per heavy atom. The molecule has 2 atom stereocenters. The number of nitrogens with zero attached hydrogens (tertiary/aromatic N) is 2. The van der Waals surface area contributed by atoms with Crippen molar-refractivity contribution >= 4 is 17.3 Å². The van der Waals surface area contributed by atoms with E-state index in [0.29, 0.717) is 18.8 Å². The van der Waals surface area contributed by atoms with Crippen molar-refractivity contribution in [2.45, 2.75) is 19.1 Å². The van der Waals surface area contributed by atoms with Crippen molar-refractivity contribution < 1.29 is 9.18 Å². The Balaban J connectivity index is 1.36. The van der Waals surface area contributed by atoms with Crippen LogP contribution in [-0.4, -0.2) is 49.2 Å². The van der Waals surface area contributed by atoms with Gasteiger partial charge in [0.1, 0.15) is 18.0 Å². The van der Waals surface area contributed by atoms with Gasteiger partial charge >= 0.3 is 0 Å². The Hall–Kier alpha value is -2.68. The van der Waals surface area contributed by atoms with E-state index < -0.39 is 12.2 Å². The summed E-state index contributed by atoms with van der Waals surface area (Å²) in [6, 6.07) is 14.3. The number of carbonyl (C=O) groups excluding carboxylic acids is 1. The number of carbonyl (C=O) groups is 1. The molecule has 2 aromatic carbocycles. The third-order valence-corrected chi connectivity index (χ3v) is 5.23. The molecule has 2 fully saturated rings. The summed E-state index contributed by atoms with van der Waals surface area (Å²) >= 11 is 0. The molecule has 0 aromatic heterocycles. The lowest BCUT2D eigenvalue weighted by Crippen LogP contribution is -2.57. The molecule has 0 spiro atoms. The van der Waals surface area contributed by atoms with Crippen LogP contribution in [0.25, 0.3) is 0 Å². The van der Waals surface area contributed by atoms with Crippen LogP contribution in [0.15, 0.2) is 48.5 Å². The molecule has 0 saturated carbocycles. The van der Waals surface area contributed by atoms with Gasteiger partial charge in [-0.2, -0.15) is 5.53 Å².